The fourth-order valence-electron chi connectivity index (χ4n) is 2.58. The summed E-state index contributed by atoms with van der Waals surface area (Å²) >= 11 is 5.99. The molecule has 0 aromatic heterocycles. The van der Waals surface area contributed by atoms with Crippen molar-refractivity contribution in [2.24, 2.45) is 0 Å². The number of rotatable bonds is 4. The molecule has 0 saturated carbocycles. The molecule has 1 heterocycles. The lowest BCUT2D eigenvalue weighted by Crippen LogP contribution is -2.31. The van der Waals surface area contributed by atoms with Crippen LogP contribution in [0.15, 0.2) is 42.5 Å². The van der Waals surface area contributed by atoms with E-state index in [-0.39, 0.29) is 18.0 Å². The average Bonchev–Trinajstić information content (AvgIpc) is 2.87. The molecule has 0 bridgehead atoms. The van der Waals surface area contributed by atoms with Crippen LogP contribution < -0.4 is 10.1 Å². The van der Waals surface area contributed by atoms with E-state index in [2.05, 4.69) is 12.2 Å². The average molecular weight is 306 g/mol. The predicted molar refractivity (Wildman–Crippen MR) is 82.4 cm³/mol. The zero-order valence-electron chi connectivity index (χ0n) is 11.8. The standard InChI is InChI=1S/C17H17ClFNO/c1-11(12-2-5-15(19)6-3-12)20-10-16-9-13-8-14(18)4-7-17(13)21-16/h2-8,11,16,20H,9-10H2,1H3/t11-,16?/m0/s1. The smallest absolute Gasteiger partial charge is 0.123 e. The van der Waals surface area contributed by atoms with Crippen molar-refractivity contribution in [1.82, 2.24) is 5.32 Å². The van der Waals surface area contributed by atoms with Gasteiger partial charge in [-0.25, -0.2) is 4.39 Å². The van der Waals surface area contributed by atoms with E-state index in [4.69, 9.17) is 16.3 Å². The van der Waals surface area contributed by atoms with Crippen LogP contribution in [-0.2, 0) is 6.42 Å². The number of hydrogen-bond donors (Lipinski definition) is 1. The number of benzene rings is 2. The van der Waals surface area contributed by atoms with Crippen LogP contribution >= 0.6 is 11.6 Å². The normalized spacial score (nSPS) is 18.1. The van der Waals surface area contributed by atoms with E-state index >= 15 is 0 Å². The Morgan fingerprint density at radius 2 is 2.05 bits per heavy atom. The van der Waals surface area contributed by atoms with E-state index in [0.717, 1.165) is 34.9 Å². The number of nitrogens with one attached hydrogen (secondary N) is 1. The molecule has 2 atom stereocenters. The summed E-state index contributed by atoms with van der Waals surface area (Å²) in [5.41, 5.74) is 2.22. The summed E-state index contributed by atoms with van der Waals surface area (Å²) in [4.78, 5) is 0. The maximum atomic E-state index is 12.9. The summed E-state index contributed by atoms with van der Waals surface area (Å²) < 4.78 is 18.8. The minimum atomic E-state index is -0.211. The van der Waals surface area contributed by atoms with Crippen LogP contribution in [0.3, 0.4) is 0 Å². The molecular weight excluding hydrogens is 289 g/mol. The second-order valence-corrected chi connectivity index (χ2v) is 5.81. The molecule has 110 valence electrons. The highest BCUT2D eigenvalue weighted by atomic mass is 35.5. The Bertz CT molecular complexity index is 629. The van der Waals surface area contributed by atoms with Gasteiger partial charge in [0, 0.05) is 24.0 Å². The topological polar surface area (TPSA) is 21.3 Å². The minimum absolute atomic E-state index is 0.112. The molecule has 1 unspecified atom stereocenters. The molecule has 1 aliphatic rings. The molecule has 0 aliphatic carbocycles. The zero-order chi connectivity index (χ0) is 14.8. The van der Waals surface area contributed by atoms with Gasteiger partial charge in [0.15, 0.2) is 0 Å². The van der Waals surface area contributed by atoms with Gasteiger partial charge in [0.05, 0.1) is 0 Å². The number of halogens is 2. The second-order valence-electron chi connectivity index (χ2n) is 5.38. The first-order valence-corrected chi connectivity index (χ1v) is 7.43. The number of ether oxygens (including phenoxy) is 1. The van der Waals surface area contributed by atoms with Gasteiger partial charge in [-0.15, -0.1) is 0 Å². The van der Waals surface area contributed by atoms with E-state index in [1.54, 1.807) is 12.1 Å². The van der Waals surface area contributed by atoms with Crippen LogP contribution in [0.2, 0.25) is 5.02 Å². The van der Waals surface area contributed by atoms with Gasteiger partial charge in [0.25, 0.3) is 0 Å². The first kappa shape index (κ1) is 14.4. The maximum Gasteiger partial charge on any atom is 0.123 e. The molecule has 4 heteroatoms. The van der Waals surface area contributed by atoms with Crippen LogP contribution in [0.4, 0.5) is 4.39 Å². The quantitative estimate of drug-likeness (QED) is 0.917. The molecule has 2 aromatic rings. The molecule has 0 amide bonds. The van der Waals surface area contributed by atoms with Crippen LogP contribution in [0.1, 0.15) is 24.1 Å². The van der Waals surface area contributed by atoms with Gasteiger partial charge >= 0.3 is 0 Å². The molecule has 0 saturated heterocycles. The van der Waals surface area contributed by atoms with E-state index in [0.29, 0.717) is 0 Å². The molecule has 2 aromatic carbocycles. The van der Waals surface area contributed by atoms with Gasteiger partial charge in [-0.2, -0.15) is 0 Å². The summed E-state index contributed by atoms with van der Waals surface area (Å²) in [5.74, 6) is 0.707. The second kappa shape index (κ2) is 6.04. The van der Waals surface area contributed by atoms with Crippen LogP contribution in [0.25, 0.3) is 0 Å². The minimum Gasteiger partial charge on any atom is -0.488 e. The fourth-order valence-corrected chi connectivity index (χ4v) is 2.78. The molecule has 1 N–H and O–H groups in total. The van der Waals surface area contributed by atoms with Crippen LogP contribution in [0.5, 0.6) is 5.75 Å². The van der Waals surface area contributed by atoms with Gasteiger partial charge in [0.2, 0.25) is 0 Å². The summed E-state index contributed by atoms with van der Waals surface area (Å²) in [6.45, 7) is 2.80. The third-order valence-corrected chi connectivity index (χ3v) is 4.02. The monoisotopic (exact) mass is 305 g/mol. The maximum absolute atomic E-state index is 12.9. The summed E-state index contributed by atoms with van der Waals surface area (Å²) in [5, 5.41) is 4.17. The first-order chi connectivity index (χ1) is 10.1. The molecule has 0 radical (unpaired) electrons. The lowest BCUT2D eigenvalue weighted by atomic mass is 10.1. The van der Waals surface area contributed by atoms with Crippen molar-refractivity contribution < 1.29 is 9.13 Å². The molecular formula is C17H17ClFNO. The van der Waals surface area contributed by atoms with Gasteiger partial charge in [0.1, 0.15) is 17.7 Å². The summed E-state index contributed by atoms with van der Waals surface area (Å²) in [6.07, 6.45) is 0.973. The van der Waals surface area contributed by atoms with Gasteiger partial charge in [-0.3, -0.25) is 0 Å². The van der Waals surface area contributed by atoms with Crippen LogP contribution in [-0.4, -0.2) is 12.6 Å². The van der Waals surface area contributed by atoms with Crippen molar-refractivity contribution in [3.63, 3.8) is 0 Å². The van der Waals surface area contributed by atoms with Crippen molar-refractivity contribution in [1.29, 1.82) is 0 Å². The zero-order valence-corrected chi connectivity index (χ0v) is 12.5. The SMILES string of the molecule is C[C@H](NCC1Cc2cc(Cl)ccc2O1)c1ccc(F)cc1. The Balaban J connectivity index is 1.56. The van der Waals surface area contributed by atoms with Crippen molar-refractivity contribution in [2.45, 2.75) is 25.5 Å². The highest BCUT2D eigenvalue weighted by Gasteiger charge is 2.23. The Labute approximate surface area is 128 Å². The largest absolute Gasteiger partial charge is 0.488 e. The van der Waals surface area contributed by atoms with Crippen molar-refractivity contribution in [2.75, 3.05) is 6.54 Å². The van der Waals surface area contributed by atoms with Crippen LogP contribution in [0, 0.1) is 5.82 Å². The number of fused-ring (bicyclic) bond motifs is 1. The Hall–Kier alpha value is -1.58. The van der Waals surface area contributed by atoms with E-state index < -0.39 is 0 Å². The lowest BCUT2D eigenvalue weighted by Gasteiger charge is -2.17. The van der Waals surface area contributed by atoms with Crippen molar-refractivity contribution in [3.8, 4) is 5.75 Å². The molecule has 2 nitrogen and oxygen atoms in total. The Kier molecular flexibility index (Phi) is 4.13. The lowest BCUT2D eigenvalue weighted by molar-refractivity contribution is 0.222. The van der Waals surface area contributed by atoms with Crippen molar-refractivity contribution in [3.05, 3.63) is 64.4 Å². The third-order valence-electron chi connectivity index (χ3n) is 3.79. The molecule has 3 rings (SSSR count). The van der Waals surface area contributed by atoms with Crippen molar-refractivity contribution >= 4 is 11.6 Å². The van der Waals surface area contributed by atoms with E-state index in [9.17, 15) is 4.39 Å². The highest BCUT2D eigenvalue weighted by molar-refractivity contribution is 6.30. The molecule has 1 aliphatic heterocycles. The predicted octanol–water partition coefficient (Wildman–Crippen LogP) is 4.13. The van der Waals surface area contributed by atoms with E-state index in [1.165, 1.54) is 12.1 Å². The molecule has 0 fully saturated rings. The highest BCUT2D eigenvalue weighted by Crippen LogP contribution is 2.31. The molecule has 0 spiro atoms. The summed E-state index contributed by atoms with van der Waals surface area (Å²) in [6, 6.07) is 12.4. The van der Waals surface area contributed by atoms with Gasteiger partial charge < -0.3 is 10.1 Å². The van der Waals surface area contributed by atoms with Gasteiger partial charge in [-0.1, -0.05) is 23.7 Å². The van der Waals surface area contributed by atoms with Gasteiger partial charge in [-0.05, 0) is 48.4 Å². The fraction of sp³-hybridized carbons (Fsp3) is 0.294. The summed E-state index contributed by atoms with van der Waals surface area (Å²) in [7, 11) is 0. The molecule has 21 heavy (non-hydrogen) atoms. The first-order valence-electron chi connectivity index (χ1n) is 7.06. The number of hydrogen-bond acceptors (Lipinski definition) is 2. The Morgan fingerprint density at radius 3 is 2.81 bits per heavy atom. The van der Waals surface area contributed by atoms with E-state index in [1.807, 2.05) is 18.2 Å². The Morgan fingerprint density at radius 1 is 1.29 bits per heavy atom. The third kappa shape index (κ3) is 3.36.